The molecule has 1 aliphatic carbocycles. The van der Waals surface area contributed by atoms with Gasteiger partial charge in [-0.3, -0.25) is 0 Å². The minimum atomic E-state index is 0.371. The maximum absolute atomic E-state index is 5.91. The molecule has 0 aromatic rings. The SMILES string of the molecule is C/C=C/C1CCCCC1OC(C)C. The molecule has 2 atom stereocenters. The van der Waals surface area contributed by atoms with Crippen LogP contribution in [0.3, 0.4) is 0 Å². The van der Waals surface area contributed by atoms with Gasteiger partial charge in [0.05, 0.1) is 12.2 Å². The standard InChI is InChI=1S/C12H22O/c1-4-7-11-8-5-6-9-12(11)13-10(2)3/h4,7,10-12H,5-6,8-9H2,1-3H3/b7-4+. The number of rotatable bonds is 3. The van der Waals surface area contributed by atoms with E-state index in [9.17, 15) is 0 Å². The Morgan fingerprint density at radius 2 is 1.92 bits per heavy atom. The van der Waals surface area contributed by atoms with E-state index in [1.807, 2.05) is 0 Å². The van der Waals surface area contributed by atoms with E-state index in [0.29, 0.717) is 18.1 Å². The molecule has 0 N–H and O–H groups in total. The molecule has 0 aromatic carbocycles. The van der Waals surface area contributed by atoms with Gasteiger partial charge in [-0.25, -0.2) is 0 Å². The van der Waals surface area contributed by atoms with E-state index in [2.05, 4.69) is 32.9 Å². The molecule has 0 radical (unpaired) electrons. The van der Waals surface area contributed by atoms with Gasteiger partial charge < -0.3 is 4.74 Å². The highest BCUT2D eigenvalue weighted by molar-refractivity contribution is 4.92. The Bertz CT molecular complexity index is 161. The van der Waals surface area contributed by atoms with Crippen LogP contribution < -0.4 is 0 Å². The van der Waals surface area contributed by atoms with Gasteiger partial charge in [0.25, 0.3) is 0 Å². The molecule has 2 unspecified atom stereocenters. The molecule has 0 spiro atoms. The third-order valence-corrected chi connectivity index (χ3v) is 2.64. The molecule has 1 heteroatoms. The van der Waals surface area contributed by atoms with Crippen molar-refractivity contribution in [3.8, 4) is 0 Å². The summed E-state index contributed by atoms with van der Waals surface area (Å²) in [6, 6.07) is 0. The molecule has 1 aliphatic rings. The van der Waals surface area contributed by atoms with E-state index in [0.717, 1.165) is 0 Å². The van der Waals surface area contributed by atoms with Crippen molar-refractivity contribution in [1.82, 2.24) is 0 Å². The topological polar surface area (TPSA) is 9.23 Å². The molecule has 1 rings (SSSR count). The Labute approximate surface area is 82.2 Å². The first-order valence-corrected chi connectivity index (χ1v) is 5.52. The molecule has 0 amide bonds. The summed E-state index contributed by atoms with van der Waals surface area (Å²) in [6.45, 7) is 6.35. The number of allylic oxidation sites excluding steroid dienone is 1. The van der Waals surface area contributed by atoms with E-state index >= 15 is 0 Å². The molecule has 13 heavy (non-hydrogen) atoms. The van der Waals surface area contributed by atoms with Crippen molar-refractivity contribution in [2.24, 2.45) is 5.92 Å². The van der Waals surface area contributed by atoms with Gasteiger partial charge in [0.15, 0.2) is 0 Å². The second-order valence-corrected chi connectivity index (χ2v) is 4.20. The van der Waals surface area contributed by atoms with Gasteiger partial charge in [-0.05, 0) is 33.6 Å². The van der Waals surface area contributed by atoms with Crippen LogP contribution in [-0.4, -0.2) is 12.2 Å². The summed E-state index contributed by atoms with van der Waals surface area (Å²) in [4.78, 5) is 0. The van der Waals surface area contributed by atoms with Crippen molar-refractivity contribution in [2.45, 2.75) is 58.7 Å². The highest BCUT2D eigenvalue weighted by atomic mass is 16.5. The summed E-state index contributed by atoms with van der Waals surface area (Å²) >= 11 is 0. The van der Waals surface area contributed by atoms with Crippen LogP contribution in [-0.2, 0) is 4.74 Å². The van der Waals surface area contributed by atoms with Crippen LogP contribution in [0.4, 0.5) is 0 Å². The lowest BCUT2D eigenvalue weighted by atomic mass is 9.86. The van der Waals surface area contributed by atoms with Gasteiger partial charge in [0, 0.05) is 5.92 Å². The second-order valence-electron chi connectivity index (χ2n) is 4.20. The van der Waals surface area contributed by atoms with Crippen molar-refractivity contribution in [3.63, 3.8) is 0 Å². The quantitative estimate of drug-likeness (QED) is 0.606. The minimum absolute atomic E-state index is 0.371. The highest BCUT2D eigenvalue weighted by Crippen LogP contribution is 2.28. The largest absolute Gasteiger partial charge is 0.375 e. The zero-order valence-corrected chi connectivity index (χ0v) is 9.12. The smallest absolute Gasteiger partial charge is 0.0641 e. The summed E-state index contributed by atoms with van der Waals surface area (Å²) in [5, 5.41) is 0. The van der Waals surface area contributed by atoms with Crippen LogP contribution in [0.5, 0.6) is 0 Å². The van der Waals surface area contributed by atoms with Crippen LogP contribution in [0.2, 0.25) is 0 Å². The fourth-order valence-corrected chi connectivity index (χ4v) is 2.11. The highest BCUT2D eigenvalue weighted by Gasteiger charge is 2.23. The van der Waals surface area contributed by atoms with E-state index in [1.165, 1.54) is 25.7 Å². The summed E-state index contributed by atoms with van der Waals surface area (Å²) in [7, 11) is 0. The Hall–Kier alpha value is -0.300. The zero-order valence-electron chi connectivity index (χ0n) is 9.12. The summed E-state index contributed by atoms with van der Waals surface area (Å²) in [5.74, 6) is 0.668. The van der Waals surface area contributed by atoms with Crippen molar-refractivity contribution >= 4 is 0 Å². The van der Waals surface area contributed by atoms with Crippen LogP contribution in [0, 0.1) is 5.92 Å². The summed E-state index contributed by atoms with van der Waals surface area (Å²) in [6.07, 6.45) is 10.6. The van der Waals surface area contributed by atoms with Gasteiger partial charge in [0.2, 0.25) is 0 Å². The predicted molar refractivity (Wildman–Crippen MR) is 56.8 cm³/mol. The van der Waals surface area contributed by atoms with Crippen LogP contribution in [0.1, 0.15) is 46.5 Å². The average molecular weight is 182 g/mol. The lowest BCUT2D eigenvalue weighted by molar-refractivity contribution is -0.0327. The molecule has 0 aliphatic heterocycles. The van der Waals surface area contributed by atoms with Gasteiger partial charge in [-0.2, -0.15) is 0 Å². The predicted octanol–water partition coefficient (Wildman–Crippen LogP) is 3.55. The van der Waals surface area contributed by atoms with Gasteiger partial charge >= 0.3 is 0 Å². The third kappa shape index (κ3) is 3.51. The molecule has 1 saturated carbocycles. The number of ether oxygens (including phenoxy) is 1. The maximum atomic E-state index is 5.91. The fraction of sp³-hybridized carbons (Fsp3) is 0.833. The molecule has 1 fully saturated rings. The molecule has 0 heterocycles. The van der Waals surface area contributed by atoms with Crippen molar-refractivity contribution in [1.29, 1.82) is 0 Å². The molecule has 0 saturated heterocycles. The monoisotopic (exact) mass is 182 g/mol. The molecular formula is C12H22O. The Morgan fingerprint density at radius 3 is 2.54 bits per heavy atom. The Morgan fingerprint density at radius 1 is 1.23 bits per heavy atom. The number of hydrogen-bond donors (Lipinski definition) is 0. The van der Waals surface area contributed by atoms with E-state index in [1.54, 1.807) is 0 Å². The average Bonchev–Trinajstić information content (AvgIpc) is 2.08. The zero-order chi connectivity index (χ0) is 9.68. The maximum Gasteiger partial charge on any atom is 0.0641 e. The van der Waals surface area contributed by atoms with Crippen LogP contribution >= 0.6 is 0 Å². The molecule has 0 aromatic heterocycles. The van der Waals surface area contributed by atoms with Gasteiger partial charge in [-0.15, -0.1) is 0 Å². The lowest BCUT2D eigenvalue weighted by Gasteiger charge is -2.31. The summed E-state index contributed by atoms with van der Waals surface area (Å²) in [5.41, 5.74) is 0. The Kier molecular flexibility index (Phi) is 4.51. The molecule has 0 bridgehead atoms. The number of hydrogen-bond acceptors (Lipinski definition) is 1. The van der Waals surface area contributed by atoms with Crippen LogP contribution in [0.25, 0.3) is 0 Å². The first-order chi connectivity index (χ1) is 6.24. The minimum Gasteiger partial charge on any atom is -0.375 e. The first kappa shape index (κ1) is 10.8. The fourth-order valence-electron chi connectivity index (χ4n) is 2.11. The van der Waals surface area contributed by atoms with Gasteiger partial charge in [0.1, 0.15) is 0 Å². The van der Waals surface area contributed by atoms with Gasteiger partial charge in [-0.1, -0.05) is 25.0 Å². The van der Waals surface area contributed by atoms with Crippen molar-refractivity contribution < 1.29 is 4.74 Å². The van der Waals surface area contributed by atoms with E-state index in [4.69, 9.17) is 4.74 Å². The van der Waals surface area contributed by atoms with Crippen molar-refractivity contribution in [2.75, 3.05) is 0 Å². The van der Waals surface area contributed by atoms with E-state index < -0.39 is 0 Å². The van der Waals surface area contributed by atoms with E-state index in [-0.39, 0.29) is 0 Å². The van der Waals surface area contributed by atoms with Crippen LogP contribution in [0.15, 0.2) is 12.2 Å². The normalized spacial score (nSPS) is 30.2. The molecular weight excluding hydrogens is 160 g/mol. The second kappa shape index (κ2) is 5.43. The van der Waals surface area contributed by atoms with Crippen molar-refractivity contribution in [3.05, 3.63) is 12.2 Å². The summed E-state index contributed by atoms with van der Waals surface area (Å²) < 4.78 is 5.91. The third-order valence-electron chi connectivity index (χ3n) is 2.64. The lowest BCUT2D eigenvalue weighted by Crippen LogP contribution is -2.28. The molecule has 1 nitrogen and oxygen atoms in total. The Balaban J connectivity index is 2.46. The molecule has 76 valence electrons. The first-order valence-electron chi connectivity index (χ1n) is 5.52.